The van der Waals surface area contributed by atoms with Crippen molar-refractivity contribution in [3.05, 3.63) is 0 Å². The van der Waals surface area contributed by atoms with E-state index in [-0.39, 0.29) is 30.4 Å². The number of hydrogen-bond acceptors (Lipinski definition) is 4. The van der Waals surface area contributed by atoms with Crippen LogP contribution in [0.3, 0.4) is 0 Å². The summed E-state index contributed by atoms with van der Waals surface area (Å²) in [4.78, 5) is 25.5. The molecule has 0 radical (unpaired) electrons. The summed E-state index contributed by atoms with van der Waals surface area (Å²) in [6.07, 6.45) is 5.14. The van der Waals surface area contributed by atoms with E-state index in [4.69, 9.17) is 5.73 Å². The summed E-state index contributed by atoms with van der Waals surface area (Å²) in [7, 11) is 0. The van der Waals surface area contributed by atoms with Crippen molar-refractivity contribution in [2.75, 3.05) is 26.2 Å². The minimum Gasteiger partial charge on any atom is -0.369 e. The van der Waals surface area contributed by atoms with Gasteiger partial charge in [-0.1, -0.05) is 19.8 Å². The molecule has 6 nitrogen and oxygen atoms in total. The average Bonchev–Trinajstić information content (AvgIpc) is 2.49. The van der Waals surface area contributed by atoms with Crippen molar-refractivity contribution in [1.29, 1.82) is 0 Å². The number of nitrogens with two attached hydrogens (primary N) is 1. The van der Waals surface area contributed by atoms with Gasteiger partial charge in [0.2, 0.25) is 11.8 Å². The Kier molecular flexibility index (Phi) is 8.30. The monoisotopic (exact) mass is 298 g/mol. The minimum absolute atomic E-state index is 0.00844. The predicted octanol–water partition coefficient (Wildman–Crippen LogP) is 0.221. The fourth-order valence-electron chi connectivity index (χ4n) is 2.79. The van der Waals surface area contributed by atoms with Crippen LogP contribution in [0.2, 0.25) is 0 Å². The van der Waals surface area contributed by atoms with E-state index in [0.717, 1.165) is 45.2 Å². The molecule has 21 heavy (non-hydrogen) atoms. The fourth-order valence-corrected chi connectivity index (χ4v) is 2.79. The number of carbonyl (C=O) groups is 2. The molecule has 0 spiro atoms. The second-order valence-electron chi connectivity index (χ2n) is 5.79. The van der Waals surface area contributed by atoms with E-state index in [1.807, 2.05) is 11.8 Å². The molecule has 4 N–H and O–H groups in total. The first-order valence-electron chi connectivity index (χ1n) is 8.08. The summed E-state index contributed by atoms with van der Waals surface area (Å²) < 4.78 is 0. The lowest BCUT2D eigenvalue weighted by atomic mass is 10.0. The van der Waals surface area contributed by atoms with Crippen LogP contribution >= 0.6 is 0 Å². The van der Waals surface area contributed by atoms with Crippen LogP contribution in [0.5, 0.6) is 0 Å². The fraction of sp³-hybridized carbons (Fsp3) is 0.867. The number of amides is 2. The number of carbonyl (C=O) groups excluding carboxylic acids is 2. The summed E-state index contributed by atoms with van der Waals surface area (Å²) >= 11 is 0. The van der Waals surface area contributed by atoms with Crippen molar-refractivity contribution in [3.8, 4) is 0 Å². The second kappa shape index (κ2) is 9.73. The highest BCUT2D eigenvalue weighted by molar-refractivity contribution is 5.82. The maximum absolute atomic E-state index is 12.3. The smallest absolute Gasteiger partial charge is 0.237 e. The number of nitrogens with zero attached hydrogens (tertiary/aromatic N) is 1. The number of hydrogen-bond donors (Lipinski definition) is 3. The van der Waals surface area contributed by atoms with Crippen molar-refractivity contribution in [3.63, 3.8) is 0 Å². The van der Waals surface area contributed by atoms with E-state index < -0.39 is 0 Å². The molecule has 1 unspecified atom stereocenters. The molecule has 1 aliphatic rings. The van der Waals surface area contributed by atoms with Gasteiger partial charge in [-0.2, -0.15) is 0 Å². The topological polar surface area (TPSA) is 87.5 Å². The van der Waals surface area contributed by atoms with Gasteiger partial charge in [0.25, 0.3) is 0 Å². The van der Waals surface area contributed by atoms with Crippen LogP contribution in [0.1, 0.15) is 46.0 Å². The van der Waals surface area contributed by atoms with Crippen molar-refractivity contribution < 1.29 is 9.59 Å². The summed E-state index contributed by atoms with van der Waals surface area (Å²) in [5.74, 6) is -0.384. The quantitative estimate of drug-likeness (QED) is 0.531. The Bertz CT molecular complexity index is 330. The molecule has 0 bridgehead atoms. The van der Waals surface area contributed by atoms with Gasteiger partial charge < -0.3 is 16.4 Å². The van der Waals surface area contributed by atoms with E-state index in [1.165, 1.54) is 0 Å². The Labute approximate surface area is 127 Å². The highest BCUT2D eigenvalue weighted by atomic mass is 16.2. The Morgan fingerprint density at radius 3 is 2.57 bits per heavy atom. The van der Waals surface area contributed by atoms with Crippen LogP contribution in [0, 0.1) is 0 Å². The largest absolute Gasteiger partial charge is 0.369 e. The third kappa shape index (κ3) is 6.44. The van der Waals surface area contributed by atoms with Gasteiger partial charge in [0, 0.05) is 12.6 Å². The molecule has 0 aromatic carbocycles. The van der Waals surface area contributed by atoms with Gasteiger partial charge in [0.05, 0.1) is 12.6 Å². The van der Waals surface area contributed by atoms with Crippen molar-refractivity contribution in [2.24, 2.45) is 5.73 Å². The molecule has 0 aliphatic carbocycles. The molecule has 1 rings (SSSR count). The Balaban J connectivity index is 2.54. The van der Waals surface area contributed by atoms with E-state index in [2.05, 4.69) is 17.6 Å². The van der Waals surface area contributed by atoms with E-state index >= 15 is 0 Å². The first-order chi connectivity index (χ1) is 10.1. The molecule has 1 heterocycles. The Morgan fingerprint density at radius 1 is 1.33 bits per heavy atom. The summed E-state index contributed by atoms with van der Waals surface area (Å²) in [5, 5.41) is 6.26. The van der Waals surface area contributed by atoms with Crippen LogP contribution in [0.15, 0.2) is 0 Å². The first kappa shape index (κ1) is 17.9. The number of unbranched alkanes of at least 4 members (excludes halogenated alkanes) is 2. The third-order valence-corrected chi connectivity index (χ3v) is 4.07. The lowest BCUT2D eigenvalue weighted by Gasteiger charge is -2.37. The van der Waals surface area contributed by atoms with Crippen LogP contribution in [-0.4, -0.2) is 55.0 Å². The molecule has 1 fully saturated rings. The molecule has 1 saturated heterocycles. The highest BCUT2D eigenvalue weighted by Gasteiger charge is 2.29. The lowest BCUT2D eigenvalue weighted by Crippen LogP contribution is -2.54. The number of piperidine rings is 1. The standard InChI is InChI=1S/C15H30N4O2/c1-3-4-5-8-18-15(21)12(2)19(11-14(16)20)13-6-9-17-10-7-13/h12-13,17H,3-11H2,1-2H3,(H2,16,20)(H,18,21). The van der Waals surface area contributed by atoms with E-state index in [9.17, 15) is 9.59 Å². The van der Waals surface area contributed by atoms with Gasteiger partial charge in [-0.15, -0.1) is 0 Å². The number of nitrogens with one attached hydrogen (secondary N) is 2. The molecule has 1 atom stereocenters. The molecule has 122 valence electrons. The van der Waals surface area contributed by atoms with Crippen LogP contribution in [-0.2, 0) is 9.59 Å². The highest BCUT2D eigenvalue weighted by Crippen LogP contribution is 2.15. The molecule has 1 aliphatic heterocycles. The van der Waals surface area contributed by atoms with Crippen LogP contribution in [0.25, 0.3) is 0 Å². The molecule has 0 aromatic rings. The predicted molar refractivity (Wildman–Crippen MR) is 83.8 cm³/mol. The Morgan fingerprint density at radius 2 is 2.00 bits per heavy atom. The number of rotatable bonds is 9. The molecule has 0 aromatic heterocycles. The van der Waals surface area contributed by atoms with Crippen molar-refractivity contribution >= 4 is 11.8 Å². The molecule has 6 heteroatoms. The van der Waals surface area contributed by atoms with E-state index in [0.29, 0.717) is 6.54 Å². The first-order valence-corrected chi connectivity index (χ1v) is 8.08. The van der Waals surface area contributed by atoms with Gasteiger partial charge in [-0.3, -0.25) is 14.5 Å². The maximum atomic E-state index is 12.3. The van der Waals surface area contributed by atoms with Gasteiger partial charge >= 0.3 is 0 Å². The van der Waals surface area contributed by atoms with Gasteiger partial charge in [0.1, 0.15) is 0 Å². The SMILES string of the molecule is CCCCCNC(=O)C(C)N(CC(N)=O)C1CCNCC1. The minimum atomic E-state index is -0.376. The number of primary amides is 1. The Hall–Kier alpha value is -1.14. The molecular formula is C15H30N4O2. The zero-order valence-corrected chi connectivity index (χ0v) is 13.4. The molecule has 2 amide bonds. The van der Waals surface area contributed by atoms with Gasteiger partial charge in [0.15, 0.2) is 0 Å². The zero-order valence-electron chi connectivity index (χ0n) is 13.4. The second-order valence-corrected chi connectivity index (χ2v) is 5.79. The van der Waals surface area contributed by atoms with Gasteiger partial charge in [-0.05, 0) is 39.3 Å². The van der Waals surface area contributed by atoms with Crippen molar-refractivity contribution in [1.82, 2.24) is 15.5 Å². The summed E-state index contributed by atoms with van der Waals surface area (Å²) in [6.45, 7) is 6.69. The zero-order chi connectivity index (χ0) is 15.7. The summed E-state index contributed by atoms with van der Waals surface area (Å²) in [6, 6.07) is -0.0719. The normalized spacial score (nSPS) is 17.7. The summed E-state index contributed by atoms with van der Waals surface area (Å²) in [5.41, 5.74) is 5.35. The van der Waals surface area contributed by atoms with E-state index in [1.54, 1.807) is 0 Å². The lowest BCUT2D eigenvalue weighted by molar-refractivity contribution is -0.129. The van der Waals surface area contributed by atoms with Crippen LogP contribution in [0.4, 0.5) is 0 Å². The molecular weight excluding hydrogens is 268 g/mol. The average molecular weight is 298 g/mol. The molecule has 0 saturated carbocycles. The third-order valence-electron chi connectivity index (χ3n) is 4.07. The van der Waals surface area contributed by atoms with Crippen LogP contribution < -0.4 is 16.4 Å². The van der Waals surface area contributed by atoms with Crippen molar-refractivity contribution in [2.45, 2.75) is 58.0 Å². The van der Waals surface area contributed by atoms with Gasteiger partial charge in [-0.25, -0.2) is 0 Å². The maximum Gasteiger partial charge on any atom is 0.237 e.